The van der Waals surface area contributed by atoms with Crippen LogP contribution in [-0.4, -0.2) is 23.9 Å². The summed E-state index contributed by atoms with van der Waals surface area (Å²) in [7, 11) is 0. The Morgan fingerprint density at radius 3 is 2.53 bits per heavy atom. The smallest absolute Gasteiger partial charge is 0.226 e. The first-order chi connectivity index (χ1) is 8.29. The second kappa shape index (κ2) is 5.37. The first kappa shape index (κ1) is 11.5. The van der Waals surface area contributed by atoms with E-state index in [1.54, 1.807) is 12.1 Å². The first-order valence-corrected chi connectivity index (χ1v) is 5.71. The molecule has 5 nitrogen and oxygen atoms in total. The molecule has 0 saturated carbocycles. The topological polar surface area (TPSA) is 69.1 Å². The molecule has 1 aliphatic rings. The molecule has 0 bridgehead atoms. The van der Waals surface area contributed by atoms with Gasteiger partial charge in [0.2, 0.25) is 5.91 Å². The fourth-order valence-electron chi connectivity index (χ4n) is 1.99. The van der Waals surface area contributed by atoms with Gasteiger partial charge in [-0.2, -0.15) is 0 Å². The van der Waals surface area contributed by atoms with Crippen LogP contribution in [0.5, 0.6) is 0 Å². The molecule has 2 rings (SSSR count). The summed E-state index contributed by atoms with van der Waals surface area (Å²) >= 11 is 0. The molecule has 0 unspecified atom stereocenters. The van der Waals surface area contributed by atoms with Crippen LogP contribution in [0.15, 0.2) is 29.4 Å². The molecule has 0 spiro atoms. The number of hydrogen-bond donors (Lipinski definition) is 0. The van der Waals surface area contributed by atoms with E-state index in [-0.39, 0.29) is 5.91 Å². The summed E-state index contributed by atoms with van der Waals surface area (Å²) in [5.74, 6) is 0.180. The van der Waals surface area contributed by atoms with Gasteiger partial charge in [-0.1, -0.05) is 29.4 Å². The maximum Gasteiger partial charge on any atom is 0.226 e. The molecule has 1 saturated heterocycles. The van der Waals surface area contributed by atoms with Gasteiger partial charge in [0.1, 0.15) is 0 Å². The number of nitrogens with zero attached hydrogens (tertiary/aromatic N) is 4. The van der Waals surface area contributed by atoms with Crippen LogP contribution in [0.25, 0.3) is 10.4 Å². The van der Waals surface area contributed by atoms with Gasteiger partial charge in [-0.15, -0.1) is 0 Å². The normalized spacial score (nSPS) is 14.5. The van der Waals surface area contributed by atoms with E-state index < -0.39 is 0 Å². The van der Waals surface area contributed by atoms with Crippen LogP contribution in [0.1, 0.15) is 18.4 Å². The number of hydrogen-bond acceptors (Lipinski definition) is 2. The third-order valence-electron chi connectivity index (χ3n) is 2.91. The summed E-state index contributed by atoms with van der Waals surface area (Å²) in [6.07, 6.45) is 2.65. The maximum atomic E-state index is 11.9. The van der Waals surface area contributed by atoms with Gasteiger partial charge >= 0.3 is 0 Å². The van der Waals surface area contributed by atoms with Gasteiger partial charge in [-0.3, -0.25) is 4.79 Å². The molecule has 1 fully saturated rings. The molecule has 1 aromatic carbocycles. The predicted octanol–water partition coefficient (Wildman–Crippen LogP) is 2.79. The fourth-order valence-corrected chi connectivity index (χ4v) is 1.99. The van der Waals surface area contributed by atoms with Crippen molar-refractivity contribution in [2.24, 2.45) is 5.11 Å². The van der Waals surface area contributed by atoms with Gasteiger partial charge in [0.25, 0.3) is 0 Å². The number of carbonyl (C=O) groups is 1. The predicted molar refractivity (Wildman–Crippen MR) is 64.8 cm³/mol. The molecule has 17 heavy (non-hydrogen) atoms. The first-order valence-electron chi connectivity index (χ1n) is 5.71. The Hall–Kier alpha value is -2.00. The largest absolute Gasteiger partial charge is 0.342 e. The minimum Gasteiger partial charge on any atom is -0.342 e. The average Bonchev–Trinajstić information content (AvgIpc) is 2.86. The summed E-state index contributed by atoms with van der Waals surface area (Å²) in [6, 6.07) is 7.12. The van der Waals surface area contributed by atoms with Crippen LogP contribution in [0.4, 0.5) is 5.69 Å². The van der Waals surface area contributed by atoms with Gasteiger partial charge in [0.15, 0.2) is 0 Å². The molecule has 0 aromatic heterocycles. The molecular formula is C12H14N4O. The van der Waals surface area contributed by atoms with Crippen LogP contribution in [0.2, 0.25) is 0 Å². The van der Waals surface area contributed by atoms with Crippen molar-refractivity contribution in [3.05, 3.63) is 40.3 Å². The molecule has 1 amide bonds. The molecule has 0 radical (unpaired) electrons. The monoisotopic (exact) mass is 230 g/mol. The lowest BCUT2D eigenvalue weighted by Gasteiger charge is -2.14. The second-order valence-electron chi connectivity index (χ2n) is 4.12. The van der Waals surface area contributed by atoms with Crippen molar-refractivity contribution in [2.75, 3.05) is 13.1 Å². The van der Waals surface area contributed by atoms with Crippen LogP contribution < -0.4 is 0 Å². The molecule has 1 aliphatic heterocycles. The Bertz CT molecular complexity index is 442. The van der Waals surface area contributed by atoms with E-state index in [0.29, 0.717) is 12.1 Å². The third kappa shape index (κ3) is 2.98. The van der Waals surface area contributed by atoms with Crippen LogP contribution in [-0.2, 0) is 11.2 Å². The van der Waals surface area contributed by atoms with Crippen molar-refractivity contribution in [1.82, 2.24) is 4.90 Å². The highest BCUT2D eigenvalue weighted by atomic mass is 16.2. The number of carbonyl (C=O) groups excluding carboxylic acids is 1. The van der Waals surface area contributed by atoms with Crippen molar-refractivity contribution in [1.29, 1.82) is 0 Å². The van der Waals surface area contributed by atoms with E-state index in [2.05, 4.69) is 10.0 Å². The quantitative estimate of drug-likeness (QED) is 0.447. The molecule has 1 aromatic rings. The van der Waals surface area contributed by atoms with E-state index in [9.17, 15) is 4.79 Å². The molecule has 0 N–H and O–H groups in total. The van der Waals surface area contributed by atoms with Gasteiger partial charge in [0.05, 0.1) is 6.42 Å². The summed E-state index contributed by atoms with van der Waals surface area (Å²) in [4.78, 5) is 16.5. The number of rotatable bonds is 3. The summed E-state index contributed by atoms with van der Waals surface area (Å²) in [5, 5.41) is 3.49. The van der Waals surface area contributed by atoms with E-state index in [0.717, 1.165) is 31.5 Å². The van der Waals surface area contributed by atoms with Crippen molar-refractivity contribution in [3.8, 4) is 0 Å². The standard InChI is InChI=1S/C12H14N4O/c13-15-14-11-5-3-10(4-6-11)9-12(17)16-7-1-2-8-16/h3-6H,1-2,7-9H2. The number of likely N-dealkylation sites (tertiary alicyclic amines) is 1. The van der Waals surface area contributed by atoms with Gasteiger partial charge < -0.3 is 4.90 Å². The third-order valence-corrected chi connectivity index (χ3v) is 2.91. The summed E-state index contributed by atoms with van der Waals surface area (Å²) in [5.41, 5.74) is 9.81. The SMILES string of the molecule is [N-]=[N+]=Nc1ccc(CC(=O)N2CCCC2)cc1. The van der Waals surface area contributed by atoms with Crippen LogP contribution >= 0.6 is 0 Å². The van der Waals surface area contributed by atoms with Gasteiger partial charge in [0, 0.05) is 23.7 Å². The van der Waals surface area contributed by atoms with E-state index in [4.69, 9.17) is 5.53 Å². The lowest BCUT2D eigenvalue weighted by molar-refractivity contribution is -0.129. The molecule has 1 heterocycles. The highest BCUT2D eigenvalue weighted by Gasteiger charge is 2.17. The van der Waals surface area contributed by atoms with Crippen LogP contribution in [0, 0.1) is 0 Å². The van der Waals surface area contributed by atoms with Crippen LogP contribution in [0.3, 0.4) is 0 Å². The summed E-state index contributed by atoms with van der Waals surface area (Å²) in [6.45, 7) is 1.77. The Balaban J connectivity index is 1.98. The number of azide groups is 1. The zero-order chi connectivity index (χ0) is 12.1. The lowest BCUT2D eigenvalue weighted by Crippen LogP contribution is -2.28. The Kier molecular flexibility index (Phi) is 3.62. The summed E-state index contributed by atoms with van der Waals surface area (Å²) < 4.78 is 0. The molecular weight excluding hydrogens is 216 g/mol. The zero-order valence-corrected chi connectivity index (χ0v) is 9.54. The minimum absolute atomic E-state index is 0.180. The van der Waals surface area contributed by atoms with Gasteiger partial charge in [-0.05, 0) is 23.9 Å². The van der Waals surface area contributed by atoms with Crippen molar-refractivity contribution in [2.45, 2.75) is 19.3 Å². The number of amides is 1. The van der Waals surface area contributed by atoms with Crippen molar-refractivity contribution >= 4 is 11.6 Å². The number of benzene rings is 1. The second-order valence-corrected chi connectivity index (χ2v) is 4.12. The minimum atomic E-state index is 0.180. The molecule has 5 heteroatoms. The Morgan fingerprint density at radius 2 is 1.94 bits per heavy atom. The Morgan fingerprint density at radius 1 is 1.29 bits per heavy atom. The van der Waals surface area contributed by atoms with Crippen molar-refractivity contribution in [3.63, 3.8) is 0 Å². The Labute approximate surface area is 99.7 Å². The maximum absolute atomic E-state index is 11.9. The fraction of sp³-hybridized carbons (Fsp3) is 0.417. The molecule has 88 valence electrons. The van der Waals surface area contributed by atoms with E-state index in [1.165, 1.54) is 0 Å². The highest BCUT2D eigenvalue weighted by molar-refractivity contribution is 5.79. The average molecular weight is 230 g/mol. The van der Waals surface area contributed by atoms with E-state index >= 15 is 0 Å². The zero-order valence-electron chi connectivity index (χ0n) is 9.54. The van der Waals surface area contributed by atoms with E-state index in [1.807, 2.05) is 17.0 Å². The highest BCUT2D eigenvalue weighted by Crippen LogP contribution is 2.15. The van der Waals surface area contributed by atoms with Gasteiger partial charge in [-0.25, -0.2) is 0 Å². The molecule has 0 atom stereocenters. The van der Waals surface area contributed by atoms with Crippen molar-refractivity contribution < 1.29 is 4.79 Å². The molecule has 0 aliphatic carbocycles. The lowest BCUT2D eigenvalue weighted by atomic mass is 10.1.